The maximum absolute atomic E-state index is 6.06. The minimum absolute atomic E-state index is 0.773. The fourth-order valence-electron chi connectivity index (χ4n) is 2.03. The average Bonchev–Trinajstić information content (AvgIpc) is 2.41. The van der Waals surface area contributed by atoms with Gasteiger partial charge in [0.25, 0.3) is 0 Å². The molecule has 0 aliphatic heterocycles. The first kappa shape index (κ1) is 13.9. The van der Waals surface area contributed by atoms with E-state index in [2.05, 4.69) is 38.8 Å². The molecule has 0 radical (unpaired) electrons. The van der Waals surface area contributed by atoms with Crippen molar-refractivity contribution in [3.8, 4) is 0 Å². The van der Waals surface area contributed by atoms with Crippen molar-refractivity contribution < 1.29 is 0 Å². The van der Waals surface area contributed by atoms with Gasteiger partial charge in [0.15, 0.2) is 0 Å². The van der Waals surface area contributed by atoms with Crippen LogP contribution in [0.15, 0.2) is 47.1 Å². The van der Waals surface area contributed by atoms with Crippen LogP contribution in [0.1, 0.15) is 19.0 Å². The van der Waals surface area contributed by atoms with Gasteiger partial charge in [0.2, 0.25) is 0 Å². The Bertz CT molecular complexity index is 525. The summed E-state index contributed by atoms with van der Waals surface area (Å²) in [6.07, 6.45) is 2.90. The quantitative estimate of drug-likeness (QED) is 0.851. The molecular weight excluding hydrogens is 302 g/mol. The molecule has 4 heteroatoms. The van der Waals surface area contributed by atoms with Gasteiger partial charge in [0.1, 0.15) is 0 Å². The number of rotatable bonds is 5. The van der Waals surface area contributed by atoms with Crippen molar-refractivity contribution in [1.82, 2.24) is 4.98 Å². The second-order valence-electron chi connectivity index (χ2n) is 4.45. The summed E-state index contributed by atoms with van der Waals surface area (Å²) in [5, 5.41) is 0. The van der Waals surface area contributed by atoms with Crippen molar-refractivity contribution in [1.29, 1.82) is 0 Å². The molecule has 100 valence electrons. The van der Waals surface area contributed by atoms with Gasteiger partial charge >= 0.3 is 0 Å². The lowest BCUT2D eigenvalue weighted by Gasteiger charge is -2.25. The van der Waals surface area contributed by atoms with E-state index in [4.69, 9.17) is 5.73 Å². The van der Waals surface area contributed by atoms with Crippen LogP contribution in [0.4, 0.5) is 11.4 Å². The molecule has 0 aliphatic rings. The molecule has 1 heterocycles. The Morgan fingerprint density at radius 2 is 2.00 bits per heavy atom. The predicted octanol–water partition coefficient (Wildman–Crippen LogP) is 3.84. The standard InChI is InChI=1S/C15H18BrN3/c1-2-9-19(15-6-4-3-5-14(15)17)11-13-8-7-12(16)10-18-13/h3-8,10H,2,9,11,17H2,1H3. The van der Waals surface area contributed by atoms with Gasteiger partial charge in [-0.1, -0.05) is 19.1 Å². The first-order valence-electron chi connectivity index (χ1n) is 6.40. The third kappa shape index (κ3) is 3.70. The zero-order valence-corrected chi connectivity index (χ0v) is 12.6. The Hall–Kier alpha value is -1.55. The van der Waals surface area contributed by atoms with Gasteiger partial charge in [-0.15, -0.1) is 0 Å². The highest BCUT2D eigenvalue weighted by Gasteiger charge is 2.09. The Balaban J connectivity index is 2.21. The lowest BCUT2D eigenvalue weighted by Crippen LogP contribution is -2.24. The van der Waals surface area contributed by atoms with Gasteiger partial charge in [-0.2, -0.15) is 0 Å². The van der Waals surface area contributed by atoms with Gasteiger partial charge in [0.05, 0.1) is 23.6 Å². The van der Waals surface area contributed by atoms with E-state index >= 15 is 0 Å². The second kappa shape index (κ2) is 6.57. The molecule has 0 amide bonds. The third-order valence-corrected chi connectivity index (χ3v) is 3.38. The maximum Gasteiger partial charge on any atom is 0.0603 e. The summed E-state index contributed by atoms with van der Waals surface area (Å²) in [4.78, 5) is 6.70. The molecule has 0 unspecified atom stereocenters. The number of nitrogens with two attached hydrogens (primary N) is 1. The molecule has 19 heavy (non-hydrogen) atoms. The number of hydrogen-bond acceptors (Lipinski definition) is 3. The van der Waals surface area contributed by atoms with E-state index < -0.39 is 0 Å². The minimum Gasteiger partial charge on any atom is -0.397 e. The van der Waals surface area contributed by atoms with Crippen molar-refractivity contribution in [2.45, 2.75) is 19.9 Å². The molecule has 2 rings (SSSR count). The summed E-state index contributed by atoms with van der Waals surface area (Å²) in [5.74, 6) is 0. The Morgan fingerprint density at radius 1 is 1.21 bits per heavy atom. The zero-order chi connectivity index (χ0) is 13.7. The predicted molar refractivity (Wildman–Crippen MR) is 84.1 cm³/mol. The number of hydrogen-bond donors (Lipinski definition) is 1. The summed E-state index contributed by atoms with van der Waals surface area (Å²) in [5.41, 5.74) is 8.99. The number of nitrogens with zero attached hydrogens (tertiary/aromatic N) is 2. The van der Waals surface area contributed by atoms with E-state index in [9.17, 15) is 0 Å². The van der Waals surface area contributed by atoms with Crippen molar-refractivity contribution in [3.05, 3.63) is 52.8 Å². The van der Waals surface area contributed by atoms with Gasteiger partial charge in [0, 0.05) is 17.2 Å². The molecule has 3 nitrogen and oxygen atoms in total. The number of para-hydroxylation sites is 2. The normalized spacial score (nSPS) is 10.4. The molecule has 2 N–H and O–H groups in total. The van der Waals surface area contributed by atoms with E-state index in [1.54, 1.807) is 0 Å². The van der Waals surface area contributed by atoms with Crippen LogP contribution in [0.5, 0.6) is 0 Å². The molecule has 1 aromatic heterocycles. The van der Waals surface area contributed by atoms with Crippen molar-refractivity contribution in [2.75, 3.05) is 17.2 Å². The summed E-state index contributed by atoms with van der Waals surface area (Å²) in [7, 11) is 0. The van der Waals surface area contributed by atoms with E-state index in [1.165, 1.54) is 0 Å². The molecule has 1 aromatic carbocycles. The summed E-state index contributed by atoms with van der Waals surface area (Å²) >= 11 is 3.40. The monoisotopic (exact) mass is 319 g/mol. The summed E-state index contributed by atoms with van der Waals surface area (Å²) in [6.45, 7) is 3.91. The highest BCUT2D eigenvalue weighted by molar-refractivity contribution is 9.10. The molecule has 0 saturated heterocycles. The van der Waals surface area contributed by atoms with Gasteiger partial charge in [-0.25, -0.2) is 0 Å². The SMILES string of the molecule is CCCN(Cc1ccc(Br)cn1)c1ccccc1N. The lowest BCUT2D eigenvalue weighted by atomic mass is 10.2. The number of nitrogen functional groups attached to an aromatic ring is 1. The van der Waals surface area contributed by atoms with Crippen LogP contribution < -0.4 is 10.6 Å². The van der Waals surface area contributed by atoms with Crippen LogP contribution in [0.25, 0.3) is 0 Å². The topological polar surface area (TPSA) is 42.2 Å². The molecule has 0 spiro atoms. The van der Waals surface area contributed by atoms with Crippen LogP contribution in [-0.4, -0.2) is 11.5 Å². The largest absolute Gasteiger partial charge is 0.397 e. The Labute approximate surface area is 122 Å². The molecule has 0 fully saturated rings. The summed E-state index contributed by atoms with van der Waals surface area (Å²) in [6, 6.07) is 12.0. The molecule has 0 saturated carbocycles. The Morgan fingerprint density at radius 3 is 2.63 bits per heavy atom. The van der Waals surface area contributed by atoms with Crippen molar-refractivity contribution >= 4 is 27.3 Å². The van der Waals surface area contributed by atoms with E-state index in [0.717, 1.165) is 41.1 Å². The third-order valence-electron chi connectivity index (χ3n) is 2.91. The lowest BCUT2D eigenvalue weighted by molar-refractivity contribution is 0.755. The number of anilines is 2. The highest BCUT2D eigenvalue weighted by atomic mass is 79.9. The van der Waals surface area contributed by atoms with Crippen LogP contribution in [-0.2, 0) is 6.54 Å². The van der Waals surface area contributed by atoms with Gasteiger partial charge in [-0.05, 0) is 46.6 Å². The smallest absolute Gasteiger partial charge is 0.0603 e. The van der Waals surface area contributed by atoms with Crippen molar-refractivity contribution in [2.24, 2.45) is 0 Å². The van der Waals surface area contributed by atoms with Crippen LogP contribution in [0.3, 0.4) is 0 Å². The number of benzene rings is 1. The minimum atomic E-state index is 0.773. The fourth-order valence-corrected chi connectivity index (χ4v) is 2.26. The first-order valence-corrected chi connectivity index (χ1v) is 7.20. The van der Waals surface area contributed by atoms with E-state index in [0.29, 0.717) is 0 Å². The van der Waals surface area contributed by atoms with Gasteiger partial charge < -0.3 is 10.6 Å². The maximum atomic E-state index is 6.06. The van der Waals surface area contributed by atoms with Crippen LogP contribution >= 0.6 is 15.9 Å². The number of aromatic nitrogens is 1. The first-order chi connectivity index (χ1) is 9.20. The van der Waals surface area contributed by atoms with Crippen LogP contribution in [0.2, 0.25) is 0 Å². The molecule has 2 aromatic rings. The number of halogens is 1. The molecule has 0 aliphatic carbocycles. The average molecular weight is 320 g/mol. The molecule has 0 bridgehead atoms. The zero-order valence-electron chi connectivity index (χ0n) is 11.0. The fraction of sp³-hybridized carbons (Fsp3) is 0.267. The van der Waals surface area contributed by atoms with E-state index in [1.807, 2.05) is 36.5 Å². The molecule has 0 atom stereocenters. The Kier molecular flexibility index (Phi) is 4.80. The van der Waals surface area contributed by atoms with Crippen LogP contribution in [0, 0.1) is 0 Å². The van der Waals surface area contributed by atoms with E-state index in [-0.39, 0.29) is 0 Å². The number of pyridine rings is 1. The highest BCUT2D eigenvalue weighted by Crippen LogP contribution is 2.24. The van der Waals surface area contributed by atoms with Crippen molar-refractivity contribution in [3.63, 3.8) is 0 Å². The second-order valence-corrected chi connectivity index (χ2v) is 5.36. The summed E-state index contributed by atoms with van der Waals surface area (Å²) < 4.78 is 0.998. The van der Waals surface area contributed by atoms with Gasteiger partial charge in [-0.3, -0.25) is 4.98 Å². The molecular formula is C15H18BrN3.